The molecule has 27 heavy (non-hydrogen) atoms. The zero-order valence-electron chi connectivity index (χ0n) is 16.0. The van der Waals surface area contributed by atoms with Crippen LogP contribution < -0.4 is 5.32 Å². The molecule has 0 spiro atoms. The quantitative estimate of drug-likeness (QED) is 0.866. The van der Waals surface area contributed by atoms with Crippen LogP contribution >= 0.6 is 0 Å². The average Bonchev–Trinajstić information content (AvgIpc) is 2.63. The number of benzene rings is 2. The first kappa shape index (κ1) is 19.6. The third-order valence-corrected chi connectivity index (χ3v) is 6.83. The fourth-order valence-corrected chi connectivity index (χ4v) is 5.32. The van der Waals surface area contributed by atoms with Gasteiger partial charge in [0.2, 0.25) is 10.0 Å². The van der Waals surface area contributed by atoms with E-state index in [2.05, 4.69) is 19.2 Å². The van der Waals surface area contributed by atoms with Crippen LogP contribution in [0.5, 0.6) is 0 Å². The van der Waals surface area contributed by atoms with Gasteiger partial charge < -0.3 is 5.32 Å². The zero-order chi connectivity index (χ0) is 19.6. The van der Waals surface area contributed by atoms with E-state index < -0.39 is 10.0 Å². The number of nitrogens with zero attached hydrogens (tertiary/aromatic N) is 1. The lowest BCUT2D eigenvalue weighted by Gasteiger charge is -2.34. The van der Waals surface area contributed by atoms with Gasteiger partial charge in [-0.2, -0.15) is 4.31 Å². The van der Waals surface area contributed by atoms with E-state index in [1.165, 1.54) is 12.1 Å². The van der Waals surface area contributed by atoms with Gasteiger partial charge in [0.05, 0.1) is 4.90 Å². The van der Waals surface area contributed by atoms with Crippen LogP contribution in [-0.2, 0) is 10.0 Å². The van der Waals surface area contributed by atoms with Gasteiger partial charge in [0.15, 0.2) is 0 Å². The van der Waals surface area contributed by atoms with Gasteiger partial charge in [0.1, 0.15) is 0 Å². The number of carbonyl (C=O) groups excluding carboxylic acids is 1. The van der Waals surface area contributed by atoms with Crippen molar-refractivity contribution in [2.75, 3.05) is 18.4 Å². The van der Waals surface area contributed by atoms with E-state index in [-0.39, 0.29) is 10.8 Å². The van der Waals surface area contributed by atoms with E-state index in [4.69, 9.17) is 0 Å². The van der Waals surface area contributed by atoms with Crippen LogP contribution in [0.1, 0.15) is 36.2 Å². The maximum absolute atomic E-state index is 12.9. The van der Waals surface area contributed by atoms with Gasteiger partial charge in [-0.1, -0.05) is 32.0 Å². The number of rotatable bonds is 4. The summed E-state index contributed by atoms with van der Waals surface area (Å²) in [6, 6.07) is 13.7. The Morgan fingerprint density at radius 1 is 1.00 bits per heavy atom. The number of nitrogens with one attached hydrogen (secondary N) is 1. The molecule has 1 aliphatic heterocycles. The predicted molar refractivity (Wildman–Crippen MR) is 107 cm³/mol. The van der Waals surface area contributed by atoms with Crippen molar-refractivity contribution >= 4 is 21.6 Å². The van der Waals surface area contributed by atoms with E-state index in [0.717, 1.165) is 17.7 Å². The third kappa shape index (κ3) is 4.39. The fourth-order valence-electron chi connectivity index (χ4n) is 3.64. The topological polar surface area (TPSA) is 66.5 Å². The van der Waals surface area contributed by atoms with E-state index >= 15 is 0 Å². The van der Waals surface area contributed by atoms with E-state index in [1.807, 2.05) is 31.2 Å². The molecule has 2 aromatic rings. The van der Waals surface area contributed by atoms with Gasteiger partial charge in [0.25, 0.3) is 5.91 Å². The van der Waals surface area contributed by atoms with Gasteiger partial charge in [-0.15, -0.1) is 0 Å². The number of hydrogen-bond acceptors (Lipinski definition) is 3. The highest BCUT2D eigenvalue weighted by atomic mass is 32.2. The molecule has 0 aliphatic carbocycles. The molecule has 144 valence electrons. The van der Waals surface area contributed by atoms with Crippen molar-refractivity contribution in [3.63, 3.8) is 0 Å². The average molecular weight is 387 g/mol. The minimum absolute atomic E-state index is 0.233. The first-order chi connectivity index (χ1) is 12.8. The number of carbonyl (C=O) groups is 1. The summed E-state index contributed by atoms with van der Waals surface area (Å²) in [7, 11) is -3.53. The number of piperidine rings is 1. The number of amides is 1. The van der Waals surface area contributed by atoms with Crippen molar-refractivity contribution in [2.45, 2.75) is 32.1 Å². The molecule has 1 saturated heterocycles. The zero-order valence-corrected chi connectivity index (χ0v) is 16.8. The van der Waals surface area contributed by atoms with Crippen LogP contribution in [0.2, 0.25) is 0 Å². The molecule has 0 radical (unpaired) electrons. The summed E-state index contributed by atoms with van der Waals surface area (Å²) < 4.78 is 27.4. The largest absolute Gasteiger partial charge is 0.322 e. The molecule has 5 nitrogen and oxygen atoms in total. The summed E-state index contributed by atoms with van der Waals surface area (Å²) in [5.41, 5.74) is 2.14. The molecule has 2 atom stereocenters. The molecule has 0 unspecified atom stereocenters. The van der Waals surface area contributed by atoms with Gasteiger partial charge in [-0.05, 0) is 61.1 Å². The van der Waals surface area contributed by atoms with Gasteiger partial charge >= 0.3 is 0 Å². The molecule has 0 aromatic heterocycles. The third-order valence-electron chi connectivity index (χ3n) is 4.98. The van der Waals surface area contributed by atoms with Crippen LogP contribution in [0.15, 0.2) is 53.4 Å². The summed E-state index contributed by atoms with van der Waals surface area (Å²) in [6.07, 6.45) is 1.05. The molecule has 3 rings (SSSR count). The molecule has 2 aromatic carbocycles. The summed E-state index contributed by atoms with van der Waals surface area (Å²) in [5, 5.41) is 2.86. The molecule has 1 fully saturated rings. The summed E-state index contributed by atoms with van der Waals surface area (Å²) in [5.74, 6) is 0.443. The SMILES string of the molecule is Cc1ccccc1NC(=O)c1ccc(S(=O)(=O)N2C[C@H](C)C[C@H](C)C2)cc1. The molecule has 6 heteroatoms. The Morgan fingerprint density at radius 2 is 1.59 bits per heavy atom. The molecule has 1 N–H and O–H groups in total. The van der Waals surface area contributed by atoms with Crippen molar-refractivity contribution in [3.8, 4) is 0 Å². The first-order valence-corrected chi connectivity index (χ1v) is 10.7. The second-order valence-corrected chi connectivity index (χ2v) is 9.50. The number of para-hydroxylation sites is 1. The Hall–Kier alpha value is -2.18. The fraction of sp³-hybridized carbons (Fsp3) is 0.381. The van der Waals surface area contributed by atoms with Gasteiger partial charge in [-0.25, -0.2) is 8.42 Å². The highest BCUT2D eigenvalue weighted by molar-refractivity contribution is 7.89. The smallest absolute Gasteiger partial charge is 0.255 e. The predicted octanol–water partition coefficient (Wildman–Crippen LogP) is 3.91. The van der Waals surface area contributed by atoms with Crippen molar-refractivity contribution in [1.29, 1.82) is 0 Å². The Morgan fingerprint density at radius 3 is 2.19 bits per heavy atom. The summed E-state index contributed by atoms with van der Waals surface area (Å²) >= 11 is 0. The highest BCUT2D eigenvalue weighted by Crippen LogP contribution is 2.27. The molecule has 1 heterocycles. The molecule has 1 amide bonds. The molecule has 1 aliphatic rings. The lowest BCUT2D eigenvalue weighted by molar-refractivity contribution is 0.102. The van der Waals surface area contributed by atoms with Crippen LogP contribution in [0.3, 0.4) is 0 Å². The lowest BCUT2D eigenvalue weighted by Crippen LogP contribution is -2.42. The number of anilines is 1. The highest BCUT2D eigenvalue weighted by Gasteiger charge is 2.31. The Balaban J connectivity index is 1.76. The van der Waals surface area contributed by atoms with Gasteiger partial charge in [0, 0.05) is 24.3 Å². The number of sulfonamides is 1. The Bertz CT molecular complexity index is 913. The Kier molecular flexibility index (Phi) is 5.67. The van der Waals surface area contributed by atoms with Crippen molar-refractivity contribution in [2.24, 2.45) is 11.8 Å². The normalized spacial score (nSPS) is 21.0. The molecule has 0 saturated carbocycles. The maximum atomic E-state index is 12.9. The molecular weight excluding hydrogens is 360 g/mol. The molecule has 0 bridgehead atoms. The number of aryl methyl sites for hydroxylation is 1. The maximum Gasteiger partial charge on any atom is 0.255 e. The van der Waals surface area contributed by atoms with Gasteiger partial charge in [-0.3, -0.25) is 4.79 Å². The van der Waals surface area contributed by atoms with E-state index in [0.29, 0.717) is 30.5 Å². The van der Waals surface area contributed by atoms with E-state index in [9.17, 15) is 13.2 Å². The van der Waals surface area contributed by atoms with Crippen molar-refractivity contribution in [1.82, 2.24) is 4.31 Å². The second kappa shape index (κ2) is 7.82. The van der Waals surface area contributed by atoms with Crippen molar-refractivity contribution in [3.05, 3.63) is 59.7 Å². The minimum atomic E-state index is -3.53. The van der Waals surface area contributed by atoms with Crippen molar-refractivity contribution < 1.29 is 13.2 Å². The number of hydrogen-bond donors (Lipinski definition) is 1. The minimum Gasteiger partial charge on any atom is -0.322 e. The summed E-state index contributed by atoms with van der Waals surface area (Å²) in [6.45, 7) is 7.17. The molecular formula is C21H26N2O3S. The van der Waals surface area contributed by atoms with Crippen LogP contribution in [0.25, 0.3) is 0 Å². The second-order valence-electron chi connectivity index (χ2n) is 7.56. The lowest BCUT2D eigenvalue weighted by atomic mass is 9.94. The first-order valence-electron chi connectivity index (χ1n) is 9.24. The monoisotopic (exact) mass is 386 g/mol. The van der Waals surface area contributed by atoms with Crippen LogP contribution in [0, 0.1) is 18.8 Å². The van der Waals surface area contributed by atoms with Crippen LogP contribution in [0.4, 0.5) is 5.69 Å². The Labute approximate surface area is 161 Å². The standard InChI is InChI=1S/C21H26N2O3S/c1-15-12-16(2)14-23(13-15)27(25,26)19-10-8-18(9-11-19)21(24)22-20-7-5-4-6-17(20)3/h4-11,15-16H,12-14H2,1-3H3,(H,22,24)/t15-,16+. The van der Waals surface area contributed by atoms with Crippen LogP contribution in [-0.4, -0.2) is 31.7 Å². The van der Waals surface area contributed by atoms with E-state index in [1.54, 1.807) is 16.4 Å². The summed E-state index contributed by atoms with van der Waals surface area (Å²) in [4.78, 5) is 12.7.